The number of ether oxygens (including phenoxy) is 1. The third kappa shape index (κ3) is 2.51. The number of pyridine rings is 1. The highest BCUT2D eigenvalue weighted by Crippen LogP contribution is 2.34. The lowest BCUT2D eigenvalue weighted by Crippen LogP contribution is -1.90. The molecule has 0 aliphatic rings. The molecule has 0 spiro atoms. The third-order valence-corrected chi connectivity index (χ3v) is 4.11. The fourth-order valence-electron chi connectivity index (χ4n) is 1.85. The van der Waals surface area contributed by atoms with Gasteiger partial charge in [0, 0.05) is 21.4 Å². The molecule has 0 unspecified atom stereocenters. The Hall–Kier alpha value is -1.39. The molecular weight excluding hydrogens is 370 g/mol. The standard InChI is InChI=1S/C15H9Br2NO/c16-12-6-3-4-11-10(12)8-9-18-15(11)19-14-7-2-1-5-13(14)17/h1-9H. The lowest BCUT2D eigenvalue weighted by atomic mass is 10.2. The van der Waals surface area contributed by atoms with Crippen LogP contribution in [0.15, 0.2) is 63.7 Å². The minimum atomic E-state index is 0.603. The summed E-state index contributed by atoms with van der Waals surface area (Å²) in [5.41, 5.74) is 0. The van der Waals surface area contributed by atoms with E-state index in [4.69, 9.17) is 4.74 Å². The van der Waals surface area contributed by atoms with Crippen LogP contribution < -0.4 is 4.74 Å². The largest absolute Gasteiger partial charge is 0.437 e. The molecule has 4 heteroatoms. The molecule has 2 nitrogen and oxygen atoms in total. The molecule has 19 heavy (non-hydrogen) atoms. The summed E-state index contributed by atoms with van der Waals surface area (Å²) in [4.78, 5) is 4.32. The lowest BCUT2D eigenvalue weighted by Gasteiger charge is -2.09. The second kappa shape index (κ2) is 5.31. The first-order valence-electron chi connectivity index (χ1n) is 5.71. The predicted octanol–water partition coefficient (Wildman–Crippen LogP) is 5.55. The zero-order valence-corrected chi connectivity index (χ0v) is 13.0. The highest BCUT2D eigenvalue weighted by Gasteiger charge is 2.08. The summed E-state index contributed by atoms with van der Waals surface area (Å²) in [5.74, 6) is 1.35. The van der Waals surface area contributed by atoms with Crippen LogP contribution >= 0.6 is 31.9 Å². The highest BCUT2D eigenvalue weighted by molar-refractivity contribution is 9.11. The van der Waals surface area contributed by atoms with Crippen LogP contribution in [0.5, 0.6) is 11.6 Å². The monoisotopic (exact) mass is 377 g/mol. The molecule has 3 aromatic rings. The van der Waals surface area contributed by atoms with E-state index in [1.54, 1.807) is 6.20 Å². The molecule has 0 radical (unpaired) electrons. The topological polar surface area (TPSA) is 22.1 Å². The van der Waals surface area contributed by atoms with Crippen LogP contribution in [0.1, 0.15) is 0 Å². The lowest BCUT2D eigenvalue weighted by molar-refractivity contribution is 0.466. The van der Waals surface area contributed by atoms with Crippen molar-refractivity contribution in [1.82, 2.24) is 4.98 Å². The van der Waals surface area contributed by atoms with Crippen molar-refractivity contribution >= 4 is 42.6 Å². The molecule has 0 saturated heterocycles. The first-order valence-corrected chi connectivity index (χ1v) is 7.30. The van der Waals surface area contributed by atoms with Crippen molar-refractivity contribution in [2.75, 3.05) is 0 Å². The van der Waals surface area contributed by atoms with E-state index in [1.165, 1.54) is 0 Å². The molecule has 3 rings (SSSR count). The van der Waals surface area contributed by atoms with Crippen LogP contribution in [0.2, 0.25) is 0 Å². The average molecular weight is 379 g/mol. The van der Waals surface area contributed by atoms with Crippen molar-refractivity contribution in [2.24, 2.45) is 0 Å². The summed E-state index contributed by atoms with van der Waals surface area (Å²) in [5, 5.41) is 2.06. The van der Waals surface area contributed by atoms with Gasteiger partial charge in [0.2, 0.25) is 5.88 Å². The van der Waals surface area contributed by atoms with Gasteiger partial charge in [0.25, 0.3) is 0 Å². The Labute approximate surface area is 127 Å². The van der Waals surface area contributed by atoms with E-state index in [0.29, 0.717) is 5.88 Å². The second-order valence-corrected chi connectivity index (χ2v) is 5.69. The van der Waals surface area contributed by atoms with Crippen molar-refractivity contribution in [2.45, 2.75) is 0 Å². The summed E-state index contributed by atoms with van der Waals surface area (Å²) in [7, 11) is 0. The first-order chi connectivity index (χ1) is 9.25. The molecule has 0 saturated carbocycles. The molecular formula is C15H9Br2NO. The van der Waals surface area contributed by atoms with Gasteiger partial charge < -0.3 is 4.74 Å². The Morgan fingerprint density at radius 2 is 1.58 bits per heavy atom. The Bertz CT molecular complexity index is 743. The van der Waals surface area contributed by atoms with Crippen molar-refractivity contribution in [3.05, 3.63) is 63.7 Å². The summed E-state index contributed by atoms with van der Waals surface area (Å²) >= 11 is 7.01. The number of aromatic nitrogens is 1. The van der Waals surface area contributed by atoms with Gasteiger partial charge in [-0.3, -0.25) is 0 Å². The average Bonchev–Trinajstić information content (AvgIpc) is 2.42. The summed E-state index contributed by atoms with van der Waals surface area (Å²) in [6, 6.07) is 15.7. The molecule has 2 aromatic carbocycles. The minimum absolute atomic E-state index is 0.603. The Balaban J connectivity index is 2.12. The number of hydrogen-bond donors (Lipinski definition) is 0. The van der Waals surface area contributed by atoms with Crippen molar-refractivity contribution in [1.29, 1.82) is 0 Å². The summed E-state index contributed by atoms with van der Waals surface area (Å²) < 4.78 is 7.84. The number of nitrogens with zero attached hydrogens (tertiary/aromatic N) is 1. The fourth-order valence-corrected chi connectivity index (χ4v) is 2.72. The Morgan fingerprint density at radius 1 is 0.789 bits per heavy atom. The van der Waals surface area contributed by atoms with Gasteiger partial charge in [-0.05, 0) is 46.3 Å². The number of rotatable bonds is 2. The molecule has 0 amide bonds. The van der Waals surface area contributed by atoms with Crippen LogP contribution in [0.3, 0.4) is 0 Å². The van der Waals surface area contributed by atoms with Crippen LogP contribution in [0, 0.1) is 0 Å². The van der Waals surface area contributed by atoms with Crippen LogP contribution in [0.25, 0.3) is 10.8 Å². The number of halogens is 2. The summed E-state index contributed by atoms with van der Waals surface area (Å²) in [6.45, 7) is 0. The molecule has 0 aliphatic carbocycles. The number of para-hydroxylation sites is 1. The van der Waals surface area contributed by atoms with Gasteiger partial charge in [-0.2, -0.15) is 0 Å². The summed E-state index contributed by atoms with van der Waals surface area (Å²) in [6.07, 6.45) is 1.75. The molecule has 0 bridgehead atoms. The normalized spacial score (nSPS) is 10.6. The zero-order chi connectivity index (χ0) is 13.2. The van der Waals surface area contributed by atoms with Gasteiger partial charge in [-0.25, -0.2) is 4.98 Å². The first kappa shape index (κ1) is 12.6. The van der Waals surface area contributed by atoms with E-state index < -0.39 is 0 Å². The maximum Gasteiger partial charge on any atom is 0.227 e. The third-order valence-electron chi connectivity index (χ3n) is 2.76. The van der Waals surface area contributed by atoms with Crippen LogP contribution in [-0.2, 0) is 0 Å². The molecule has 94 valence electrons. The van der Waals surface area contributed by atoms with Crippen molar-refractivity contribution in [3.63, 3.8) is 0 Å². The van der Waals surface area contributed by atoms with Crippen LogP contribution in [-0.4, -0.2) is 4.98 Å². The fraction of sp³-hybridized carbons (Fsp3) is 0. The van der Waals surface area contributed by atoms with Gasteiger partial charge in [0.05, 0.1) is 4.47 Å². The zero-order valence-electron chi connectivity index (χ0n) is 9.81. The number of fused-ring (bicyclic) bond motifs is 1. The molecule has 0 aliphatic heterocycles. The maximum atomic E-state index is 5.90. The van der Waals surface area contributed by atoms with Crippen LogP contribution in [0.4, 0.5) is 0 Å². The van der Waals surface area contributed by atoms with Gasteiger partial charge in [0.15, 0.2) is 0 Å². The molecule has 1 aromatic heterocycles. The molecule has 0 fully saturated rings. The number of hydrogen-bond acceptors (Lipinski definition) is 2. The van der Waals surface area contributed by atoms with E-state index in [0.717, 1.165) is 25.5 Å². The Morgan fingerprint density at radius 3 is 2.42 bits per heavy atom. The minimum Gasteiger partial charge on any atom is -0.437 e. The quantitative estimate of drug-likeness (QED) is 0.583. The number of benzene rings is 2. The maximum absolute atomic E-state index is 5.90. The van der Waals surface area contributed by atoms with Gasteiger partial charge >= 0.3 is 0 Å². The van der Waals surface area contributed by atoms with E-state index >= 15 is 0 Å². The predicted molar refractivity (Wildman–Crippen MR) is 83.7 cm³/mol. The SMILES string of the molecule is Brc1ccccc1Oc1nccc2c(Br)cccc12. The van der Waals surface area contributed by atoms with Gasteiger partial charge in [0.1, 0.15) is 5.75 Å². The van der Waals surface area contributed by atoms with E-state index in [9.17, 15) is 0 Å². The smallest absolute Gasteiger partial charge is 0.227 e. The molecule has 1 heterocycles. The molecule has 0 N–H and O–H groups in total. The highest BCUT2D eigenvalue weighted by atomic mass is 79.9. The van der Waals surface area contributed by atoms with E-state index in [2.05, 4.69) is 36.8 Å². The van der Waals surface area contributed by atoms with E-state index in [-0.39, 0.29) is 0 Å². The van der Waals surface area contributed by atoms with Crippen molar-refractivity contribution < 1.29 is 4.74 Å². The Kier molecular flexibility index (Phi) is 3.53. The van der Waals surface area contributed by atoms with Gasteiger partial charge in [-0.15, -0.1) is 0 Å². The van der Waals surface area contributed by atoms with Crippen molar-refractivity contribution in [3.8, 4) is 11.6 Å². The second-order valence-electron chi connectivity index (χ2n) is 3.98. The van der Waals surface area contributed by atoms with Gasteiger partial charge in [-0.1, -0.05) is 34.1 Å². The van der Waals surface area contributed by atoms with E-state index in [1.807, 2.05) is 48.5 Å². The molecule has 0 atom stereocenters.